The van der Waals surface area contributed by atoms with E-state index in [9.17, 15) is 8.42 Å². The molecule has 0 spiro atoms. The van der Waals surface area contributed by atoms with Crippen LogP contribution in [0, 0.1) is 6.20 Å². The van der Waals surface area contributed by atoms with Crippen LogP contribution in [0.4, 0.5) is 0 Å². The van der Waals surface area contributed by atoms with Crippen LogP contribution < -0.4 is 10.5 Å². The van der Waals surface area contributed by atoms with Crippen molar-refractivity contribution in [3.05, 3.63) is 46.4 Å². The van der Waals surface area contributed by atoms with Gasteiger partial charge in [0.2, 0.25) is 0 Å². The van der Waals surface area contributed by atoms with Gasteiger partial charge in [-0.2, -0.15) is 0 Å². The third-order valence-corrected chi connectivity index (χ3v) is 4.23. The van der Waals surface area contributed by atoms with Crippen LogP contribution in [0.25, 0.3) is 0 Å². The first kappa shape index (κ1) is 19.8. The molecule has 0 aliphatic carbocycles. The zero-order valence-corrected chi connectivity index (χ0v) is 14.2. The van der Waals surface area contributed by atoms with E-state index < -0.39 is 10.0 Å². The molecule has 4 N–H and O–H groups in total. The Bertz CT molecular complexity index is 611. The van der Waals surface area contributed by atoms with Gasteiger partial charge in [-0.05, 0) is 0 Å². The number of rotatable bonds is 6. The van der Waals surface area contributed by atoms with Gasteiger partial charge in [-0.3, -0.25) is 0 Å². The van der Waals surface area contributed by atoms with Crippen molar-refractivity contribution in [3.8, 4) is 0 Å². The number of halogens is 1. The Morgan fingerprint density at radius 2 is 2.24 bits per heavy atom. The van der Waals surface area contributed by atoms with Gasteiger partial charge in [0.25, 0.3) is 0 Å². The van der Waals surface area contributed by atoms with Crippen molar-refractivity contribution in [3.63, 3.8) is 0 Å². The Morgan fingerprint density at radius 3 is 2.67 bits per heavy atom. The van der Waals surface area contributed by atoms with Gasteiger partial charge in [0, 0.05) is 0 Å². The molecule has 21 heavy (non-hydrogen) atoms. The molecule has 0 bridgehead atoms. The molecule has 0 aromatic carbocycles. The van der Waals surface area contributed by atoms with Crippen molar-refractivity contribution in [2.75, 3.05) is 0 Å². The first-order valence-electron chi connectivity index (χ1n) is 5.04. The second-order valence-electron chi connectivity index (χ2n) is 3.16. The van der Waals surface area contributed by atoms with Crippen LogP contribution in [0.1, 0.15) is 5.76 Å². The summed E-state index contributed by atoms with van der Waals surface area (Å²) < 4.78 is 28.7. The summed E-state index contributed by atoms with van der Waals surface area (Å²) in [6.45, 7) is 0.923. The first-order valence-corrected chi connectivity index (χ1v) is 8.28. The standard InChI is InChI=1S/C10H10ClN2O3S.CHO2.Pt/c1-8(17(12,14)15)10(11)4-5-13-7-9-3-2-6-16-9;2-1-3;/h1-4,6,13H,7H2,(H2,12,14,15);(H,2,3);/q2*-1;/b10-8-;;. The molecule has 1 rings (SSSR count). The Balaban J connectivity index is 0.00000122. The third-order valence-electron chi connectivity index (χ3n) is 1.77. The molecular formula is C11H11ClN2O5PtS-2. The van der Waals surface area contributed by atoms with E-state index in [1.54, 1.807) is 37.7 Å². The monoisotopic (exact) mass is 513 g/mol. The Kier molecular flexibility index (Phi) is 9.90. The van der Waals surface area contributed by atoms with Crippen LogP contribution in [0.3, 0.4) is 0 Å². The molecule has 1 aromatic heterocycles. The molecule has 0 atom stereocenters. The predicted molar refractivity (Wildman–Crippen MR) is 73.7 cm³/mol. The summed E-state index contributed by atoms with van der Waals surface area (Å²) in [6, 6.07) is 3.55. The average Bonchev–Trinajstić information content (AvgIpc) is 2.87. The number of hydrogen-bond acceptors (Lipinski definition) is 5. The van der Waals surface area contributed by atoms with E-state index in [2.05, 4.69) is 11.5 Å². The van der Waals surface area contributed by atoms with Crippen molar-refractivity contribution in [1.29, 1.82) is 0 Å². The second kappa shape index (κ2) is 10.5. The number of allylic oxidation sites excluding steroid dienone is 3. The Hall–Kier alpha value is -1.21. The van der Waals surface area contributed by atoms with Gasteiger partial charge in [-0.15, -0.1) is 0 Å². The number of primary sulfonamides is 1. The molecule has 0 unspecified atom stereocenters. The molecule has 0 aliphatic heterocycles. The van der Waals surface area contributed by atoms with Crippen LogP contribution in [0.2, 0.25) is 0 Å². The first-order chi connectivity index (χ1) is 9.86. The smallest absolute Gasteiger partial charge is 0.0744 e. The summed E-state index contributed by atoms with van der Waals surface area (Å²) in [5, 5.41) is 14.5. The fraction of sp³-hybridized carbons (Fsp3) is 0.0909. The maximum Gasteiger partial charge on any atom is -0.0744 e. The molecule has 0 saturated carbocycles. The van der Waals surface area contributed by atoms with E-state index in [0.717, 1.165) is 5.76 Å². The summed E-state index contributed by atoms with van der Waals surface area (Å²) in [7, 11) is -3.83. The predicted octanol–water partition coefficient (Wildman–Crippen LogP) is 0.386. The minimum absolute atomic E-state index is 0.0144. The molecule has 0 saturated heterocycles. The molecule has 1 aromatic rings. The van der Waals surface area contributed by atoms with Gasteiger partial charge in [0.05, 0.1) is 0 Å². The van der Waals surface area contributed by atoms with Gasteiger partial charge in [-0.1, -0.05) is 6.47 Å². The normalized spacial score (nSPS) is 12.2. The molecule has 120 valence electrons. The summed E-state index contributed by atoms with van der Waals surface area (Å²) in [6.07, 6.45) is 5.49. The molecule has 0 aliphatic rings. The quantitative estimate of drug-likeness (QED) is 0.287. The van der Waals surface area contributed by atoms with Crippen molar-refractivity contribution >= 4 is 32.5 Å². The maximum absolute atomic E-state index is 11.1. The van der Waals surface area contributed by atoms with Gasteiger partial charge in [0.1, 0.15) is 0 Å². The molecule has 0 amide bonds. The topological polar surface area (TPSA) is 123 Å². The minimum Gasteiger partial charge on any atom is -0.665 e. The summed E-state index contributed by atoms with van der Waals surface area (Å²) in [5.74, 6) is 0.725. The van der Waals surface area contributed by atoms with E-state index in [4.69, 9.17) is 31.1 Å². The van der Waals surface area contributed by atoms with E-state index in [0.29, 0.717) is 13.0 Å². The maximum atomic E-state index is 11.1. The van der Waals surface area contributed by atoms with E-state index in [1.165, 1.54) is 10.5 Å². The zero-order chi connectivity index (χ0) is 16.3. The summed E-state index contributed by atoms with van der Waals surface area (Å²) >= 11 is 7.53. The molecule has 7 nitrogen and oxygen atoms in total. The summed E-state index contributed by atoms with van der Waals surface area (Å²) in [5.41, 5.74) is 0. The van der Waals surface area contributed by atoms with E-state index >= 15 is 0 Å². The third kappa shape index (κ3) is 8.62. The SMILES string of the molecule is NS(=O)(=O)/C([CH]=[Pt])=C(\Cl)C=[C-]NCc1ccco1.O=[C-]O. The number of nitrogens with two attached hydrogens (primary N) is 1. The van der Waals surface area contributed by atoms with E-state index in [-0.39, 0.29) is 9.94 Å². The molecule has 0 radical (unpaired) electrons. The zero-order valence-electron chi connectivity index (χ0n) is 10.4. The average molecular weight is 514 g/mol. The number of furan rings is 1. The number of hydrogen-bond donors (Lipinski definition) is 3. The van der Waals surface area contributed by atoms with Gasteiger partial charge in [-0.25, -0.2) is 0 Å². The van der Waals surface area contributed by atoms with Crippen LogP contribution in [0.5, 0.6) is 0 Å². The fourth-order valence-corrected chi connectivity index (χ4v) is 3.50. The molecule has 10 heteroatoms. The van der Waals surface area contributed by atoms with Gasteiger partial charge < -0.3 is 9.90 Å². The molecule has 0 fully saturated rings. The Labute approximate surface area is 137 Å². The van der Waals surface area contributed by atoms with Crippen molar-refractivity contribution in [1.82, 2.24) is 5.32 Å². The molecule has 1 heterocycles. The largest absolute Gasteiger partial charge is 0.665 e. The number of aliphatic hydroxyl groups excluding tert-OH is 1. The van der Waals surface area contributed by atoms with Crippen molar-refractivity contribution in [2.45, 2.75) is 6.54 Å². The number of sulfonamides is 1. The van der Waals surface area contributed by atoms with Crippen molar-refractivity contribution in [2.24, 2.45) is 5.14 Å². The molecular weight excluding hydrogens is 503 g/mol. The number of nitrogens with one attached hydrogen (secondary N) is 1. The van der Waals surface area contributed by atoms with Crippen LogP contribution >= 0.6 is 11.6 Å². The van der Waals surface area contributed by atoms with Crippen LogP contribution in [-0.2, 0) is 40.7 Å². The van der Waals surface area contributed by atoms with Crippen LogP contribution in [0.15, 0.2) is 38.8 Å². The second-order valence-corrected chi connectivity index (χ2v) is 5.75. The fourth-order valence-electron chi connectivity index (χ4n) is 0.968. The van der Waals surface area contributed by atoms with Crippen molar-refractivity contribution < 1.29 is 42.1 Å². The van der Waals surface area contributed by atoms with Gasteiger partial charge >= 0.3 is 122 Å². The van der Waals surface area contributed by atoms with Crippen LogP contribution in [-0.4, -0.2) is 24.4 Å². The Morgan fingerprint density at radius 1 is 1.62 bits per heavy atom. The summed E-state index contributed by atoms with van der Waals surface area (Å²) in [4.78, 5) is 8.08. The minimum atomic E-state index is -3.83. The van der Waals surface area contributed by atoms with Gasteiger partial charge in [0.15, 0.2) is 0 Å². The van der Waals surface area contributed by atoms with E-state index in [1.807, 2.05) is 0 Å².